The van der Waals surface area contributed by atoms with Gasteiger partial charge in [-0.15, -0.1) is 10.2 Å². The molecule has 10 nitrogen and oxygen atoms in total. The predicted octanol–water partition coefficient (Wildman–Crippen LogP) is 2.64. The van der Waals surface area contributed by atoms with Crippen molar-refractivity contribution in [3.05, 3.63) is 24.3 Å². The molecule has 0 spiro atoms. The molecule has 2 fully saturated rings. The zero-order valence-electron chi connectivity index (χ0n) is 20.5. The standard InChI is InChI=1S/C8H13N3O2.C7H11N3O2.3C2H6/c1-7-3-11(10-9-7)8(4-12-2)5-13-6-8;11-7-1-4-12-5-6(7)10-3-2-8-9-10;3*1-2/h3H,4-6H2,1-2H3;2-3,6-7,11H,1,4-5H2;3*1-2H3. The molecule has 0 bridgehead atoms. The van der Waals surface area contributed by atoms with Gasteiger partial charge < -0.3 is 19.3 Å². The SMILES string of the molecule is CC.CC.CC.COCC1(n2cc(C)nn2)COC1.OC1CCOCC1n1ccnn1. The summed E-state index contributed by atoms with van der Waals surface area (Å²) in [7, 11) is 1.68. The molecule has 2 atom stereocenters. The Hall–Kier alpha value is -1.88. The van der Waals surface area contributed by atoms with E-state index in [1.165, 1.54) is 0 Å². The number of methoxy groups -OCH3 is 1. The van der Waals surface area contributed by atoms with E-state index in [0.717, 1.165) is 5.69 Å². The highest BCUT2D eigenvalue weighted by atomic mass is 16.5. The highest BCUT2D eigenvalue weighted by Gasteiger charge is 2.41. The van der Waals surface area contributed by atoms with Crippen molar-refractivity contribution < 1.29 is 19.3 Å². The Morgan fingerprint density at radius 2 is 1.81 bits per heavy atom. The van der Waals surface area contributed by atoms with Crippen LogP contribution in [0.4, 0.5) is 0 Å². The van der Waals surface area contributed by atoms with Crippen molar-refractivity contribution in [2.75, 3.05) is 40.1 Å². The molecule has 31 heavy (non-hydrogen) atoms. The van der Waals surface area contributed by atoms with E-state index >= 15 is 0 Å². The summed E-state index contributed by atoms with van der Waals surface area (Å²) in [6, 6.07) is -0.0683. The highest BCUT2D eigenvalue weighted by molar-refractivity contribution is 4.97. The maximum Gasteiger partial charge on any atom is 0.134 e. The fourth-order valence-corrected chi connectivity index (χ4v) is 2.83. The largest absolute Gasteiger partial charge is 0.391 e. The van der Waals surface area contributed by atoms with E-state index in [1.54, 1.807) is 24.2 Å². The van der Waals surface area contributed by atoms with Crippen molar-refractivity contribution in [3.8, 4) is 0 Å². The Balaban J connectivity index is 0.000000470. The van der Waals surface area contributed by atoms with E-state index in [1.807, 2.05) is 59.3 Å². The van der Waals surface area contributed by atoms with Gasteiger partial charge in [0, 0.05) is 26.1 Å². The topological polar surface area (TPSA) is 109 Å². The van der Waals surface area contributed by atoms with Crippen molar-refractivity contribution >= 4 is 0 Å². The average molecular weight is 443 g/mol. The van der Waals surface area contributed by atoms with Crippen molar-refractivity contribution in [1.82, 2.24) is 30.0 Å². The molecule has 10 heteroatoms. The maximum absolute atomic E-state index is 9.57. The predicted molar refractivity (Wildman–Crippen MR) is 120 cm³/mol. The third-order valence-corrected chi connectivity index (χ3v) is 4.32. The number of aliphatic hydroxyl groups is 1. The van der Waals surface area contributed by atoms with Crippen LogP contribution in [0.5, 0.6) is 0 Å². The van der Waals surface area contributed by atoms with Crippen LogP contribution in [0.25, 0.3) is 0 Å². The molecule has 4 heterocycles. The minimum Gasteiger partial charge on any atom is -0.391 e. The van der Waals surface area contributed by atoms with E-state index in [0.29, 0.717) is 39.5 Å². The second-order valence-corrected chi connectivity index (χ2v) is 6.34. The van der Waals surface area contributed by atoms with E-state index < -0.39 is 0 Å². The minimum atomic E-state index is -0.361. The molecule has 2 aliphatic rings. The zero-order valence-corrected chi connectivity index (χ0v) is 20.5. The van der Waals surface area contributed by atoms with Crippen LogP contribution in [-0.4, -0.2) is 81.3 Å². The quantitative estimate of drug-likeness (QED) is 0.770. The van der Waals surface area contributed by atoms with Crippen LogP contribution in [0.1, 0.15) is 59.7 Å². The van der Waals surface area contributed by atoms with Crippen LogP contribution in [0.15, 0.2) is 18.6 Å². The van der Waals surface area contributed by atoms with E-state index in [4.69, 9.17) is 14.2 Å². The van der Waals surface area contributed by atoms with Crippen molar-refractivity contribution in [3.63, 3.8) is 0 Å². The second-order valence-electron chi connectivity index (χ2n) is 6.34. The molecule has 0 aliphatic carbocycles. The third kappa shape index (κ3) is 8.64. The fraction of sp³-hybridized carbons (Fsp3) is 0.810. The molecule has 2 saturated heterocycles. The molecule has 0 amide bonds. The van der Waals surface area contributed by atoms with Gasteiger partial charge in [-0.1, -0.05) is 52.0 Å². The molecule has 180 valence electrons. The molecule has 2 unspecified atom stereocenters. The van der Waals surface area contributed by atoms with Crippen LogP contribution in [0, 0.1) is 6.92 Å². The Labute approximate surface area is 186 Å². The number of aromatic nitrogens is 6. The Kier molecular flexibility index (Phi) is 15.8. The summed E-state index contributed by atoms with van der Waals surface area (Å²) in [4.78, 5) is 0. The van der Waals surface area contributed by atoms with E-state index in [9.17, 15) is 5.11 Å². The molecule has 2 aromatic rings. The molecule has 0 radical (unpaired) electrons. The van der Waals surface area contributed by atoms with Gasteiger partial charge in [0.1, 0.15) is 11.6 Å². The summed E-state index contributed by atoms with van der Waals surface area (Å²) < 4.78 is 19.0. The van der Waals surface area contributed by atoms with Crippen LogP contribution < -0.4 is 0 Å². The van der Waals surface area contributed by atoms with E-state index in [-0.39, 0.29) is 17.7 Å². The Morgan fingerprint density at radius 1 is 1.13 bits per heavy atom. The number of hydrogen-bond acceptors (Lipinski definition) is 8. The lowest BCUT2D eigenvalue weighted by atomic mass is 9.99. The number of rotatable bonds is 4. The summed E-state index contributed by atoms with van der Waals surface area (Å²) >= 11 is 0. The normalized spacial score (nSPS) is 20.7. The first kappa shape index (κ1) is 29.1. The summed E-state index contributed by atoms with van der Waals surface area (Å²) in [6.07, 6.45) is 5.57. The van der Waals surface area contributed by atoms with E-state index in [2.05, 4.69) is 20.6 Å². The first-order valence-corrected chi connectivity index (χ1v) is 11.2. The summed E-state index contributed by atoms with van der Waals surface area (Å²) in [6.45, 7) is 17.0. The van der Waals surface area contributed by atoms with Crippen molar-refractivity contribution in [1.29, 1.82) is 0 Å². The minimum absolute atomic E-state index is 0.0683. The van der Waals surface area contributed by atoms with Gasteiger partial charge in [-0.05, 0) is 13.3 Å². The third-order valence-electron chi connectivity index (χ3n) is 4.32. The maximum atomic E-state index is 9.57. The fourth-order valence-electron chi connectivity index (χ4n) is 2.83. The molecule has 2 aliphatic heterocycles. The lowest BCUT2D eigenvalue weighted by Gasteiger charge is -2.40. The lowest BCUT2D eigenvalue weighted by molar-refractivity contribution is -0.137. The Bertz CT molecular complexity index is 646. The van der Waals surface area contributed by atoms with Crippen LogP contribution in [0.3, 0.4) is 0 Å². The zero-order chi connectivity index (χ0) is 23.7. The molecule has 0 saturated carbocycles. The Morgan fingerprint density at radius 3 is 2.23 bits per heavy atom. The van der Waals surface area contributed by atoms with Gasteiger partial charge >= 0.3 is 0 Å². The van der Waals surface area contributed by atoms with Gasteiger partial charge in [0.2, 0.25) is 0 Å². The van der Waals surface area contributed by atoms with Gasteiger partial charge in [0.05, 0.1) is 44.4 Å². The lowest BCUT2D eigenvalue weighted by Crippen LogP contribution is -2.55. The number of nitrogens with zero attached hydrogens (tertiary/aromatic N) is 6. The van der Waals surface area contributed by atoms with Crippen LogP contribution in [-0.2, 0) is 19.7 Å². The molecule has 1 N–H and O–H groups in total. The van der Waals surface area contributed by atoms with Gasteiger partial charge in [0.25, 0.3) is 0 Å². The van der Waals surface area contributed by atoms with Gasteiger partial charge in [0.15, 0.2) is 0 Å². The van der Waals surface area contributed by atoms with Crippen LogP contribution >= 0.6 is 0 Å². The number of hydrogen-bond donors (Lipinski definition) is 1. The summed E-state index contributed by atoms with van der Waals surface area (Å²) in [5.41, 5.74) is 0.804. The highest BCUT2D eigenvalue weighted by Crippen LogP contribution is 2.25. The van der Waals surface area contributed by atoms with Crippen molar-refractivity contribution in [2.24, 2.45) is 0 Å². The van der Waals surface area contributed by atoms with Crippen molar-refractivity contribution in [2.45, 2.75) is 72.6 Å². The number of aryl methyl sites for hydroxylation is 1. The number of aliphatic hydroxyl groups excluding tert-OH is 1. The molecule has 4 rings (SSSR count). The molecular formula is C21H42N6O4. The smallest absolute Gasteiger partial charge is 0.134 e. The van der Waals surface area contributed by atoms with Gasteiger partial charge in [-0.25, -0.2) is 9.36 Å². The molecule has 2 aromatic heterocycles. The summed E-state index contributed by atoms with van der Waals surface area (Å²) in [5.74, 6) is 0. The average Bonchev–Trinajstić information content (AvgIpc) is 3.48. The second kappa shape index (κ2) is 16.8. The van der Waals surface area contributed by atoms with Gasteiger partial charge in [-0.3, -0.25) is 0 Å². The molecule has 0 aromatic carbocycles. The molecular weight excluding hydrogens is 400 g/mol. The first-order valence-electron chi connectivity index (χ1n) is 11.2. The summed E-state index contributed by atoms with van der Waals surface area (Å²) in [5, 5.41) is 25.1. The first-order chi connectivity index (χ1) is 15.1. The van der Waals surface area contributed by atoms with Crippen LogP contribution in [0.2, 0.25) is 0 Å². The van der Waals surface area contributed by atoms with Gasteiger partial charge in [-0.2, -0.15) is 0 Å². The monoisotopic (exact) mass is 442 g/mol. The number of ether oxygens (including phenoxy) is 3.